The lowest BCUT2D eigenvalue weighted by atomic mass is 10.1. The minimum atomic E-state index is -2.89. The van der Waals surface area contributed by atoms with Gasteiger partial charge in [-0.05, 0) is 48.5 Å². The first-order chi connectivity index (χ1) is 16.1. The van der Waals surface area contributed by atoms with E-state index in [1.165, 1.54) is 24.5 Å². The lowest BCUT2D eigenvalue weighted by Crippen LogP contribution is -2.13. The van der Waals surface area contributed by atoms with Gasteiger partial charge < -0.3 is 20.1 Å². The molecule has 1 amide bonds. The van der Waals surface area contributed by atoms with E-state index in [1.54, 1.807) is 66.9 Å². The summed E-state index contributed by atoms with van der Waals surface area (Å²) in [7, 11) is 0. The quantitative estimate of drug-likeness (QED) is 0.351. The van der Waals surface area contributed by atoms with Crippen molar-refractivity contribution in [2.45, 2.75) is 6.61 Å². The van der Waals surface area contributed by atoms with Crippen LogP contribution in [-0.2, 0) is 0 Å². The van der Waals surface area contributed by atoms with Crippen LogP contribution in [0.15, 0.2) is 91.4 Å². The lowest BCUT2D eigenvalue weighted by Gasteiger charge is -2.13. The third kappa shape index (κ3) is 6.01. The molecular weight excluding hydrogens is 430 g/mol. The normalized spacial score (nSPS) is 10.5. The summed E-state index contributed by atoms with van der Waals surface area (Å²) in [5.74, 6) is 0.531. The molecule has 0 aliphatic heterocycles. The van der Waals surface area contributed by atoms with Crippen molar-refractivity contribution >= 4 is 23.0 Å². The van der Waals surface area contributed by atoms with Crippen molar-refractivity contribution in [3.63, 3.8) is 0 Å². The van der Waals surface area contributed by atoms with Crippen LogP contribution in [0.25, 0.3) is 0 Å². The fourth-order valence-electron chi connectivity index (χ4n) is 2.96. The lowest BCUT2D eigenvalue weighted by molar-refractivity contribution is -0.0498. The third-order valence-electron chi connectivity index (χ3n) is 4.38. The molecule has 9 heteroatoms. The highest BCUT2D eigenvalue weighted by atomic mass is 19.3. The number of para-hydroxylation sites is 1. The van der Waals surface area contributed by atoms with Gasteiger partial charge in [0.1, 0.15) is 11.5 Å². The van der Waals surface area contributed by atoms with Crippen molar-refractivity contribution in [3.05, 3.63) is 97.0 Å². The Hall–Kier alpha value is -4.53. The van der Waals surface area contributed by atoms with Crippen molar-refractivity contribution in [2.24, 2.45) is 0 Å². The van der Waals surface area contributed by atoms with Crippen molar-refractivity contribution < 1.29 is 23.0 Å². The molecule has 0 aliphatic rings. The molecule has 4 aromatic rings. The summed E-state index contributed by atoms with van der Waals surface area (Å²) in [6.07, 6.45) is 4.55. The first-order valence-electron chi connectivity index (χ1n) is 9.83. The number of rotatable bonds is 8. The van der Waals surface area contributed by atoms with Gasteiger partial charge in [0.15, 0.2) is 0 Å². The number of hydrogen-bond acceptors (Lipinski definition) is 6. The first kappa shape index (κ1) is 21.7. The van der Waals surface area contributed by atoms with Crippen molar-refractivity contribution in [2.75, 3.05) is 10.6 Å². The first-order valence-corrected chi connectivity index (χ1v) is 9.83. The van der Waals surface area contributed by atoms with Gasteiger partial charge in [-0.15, -0.1) is 0 Å². The highest BCUT2D eigenvalue weighted by molar-refractivity contribution is 6.08. The standard InChI is InChI=1S/C24H18F2N4O3/c25-24(26)33-18-10-8-16(9-11-18)29-21-7-2-1-6-20(21)23(31)30-17-4-3-5-19(14-17)32-22-15-27-12-13-28-22/h1-15,24,29H,(H,30,31). The van der Waals surface area contributed by atoms with Gasteiger partial charge in [-0.25, -0.2) is 4.98 Å². The van der Waals surface area contributed by atoms with Gasteiger partial charge in [0.2, 0.25) is 5.88 Å². The van der Waals surface area contributed by atoms with Crippen molar-refractivity contribution in [1.29, 1.82) is 0 Å². The number of amides is 1. The molecule has 0 bridgehead atoms. The van der Waals surface area contributed by atoms with E-state index in [0.717, 1.165) is 0 Å². The monoisotopic (exact) mass is 448 g/mol. The number of anilines is 3. The molecule has 1 heterocycles. The molecular formula is C24H18F2N4O3. The fraction of sp³-hybridized carbons (Fsp3) is 0.0417. The number of hydrogen-bond donors (Lipinski definition) is 2. The minimum absolute atomic E-state index is 0.0464. The Balaban J connectivity index is 1.47. The van der Waals surface area contributed by atoms with E-state index in [9.17, 15) is 13.6 Å². The largest absolute Gasteiger partial charge is 0.437 e. The van der Waals surface area contributed by atoms with E-state index in [4.69, 9.17) is 4.74 Å². The highest BCUT2D eigenvalue weighted by Crippen LogP contribution is 2.26. The van der Waals surface area contributed by atoms with Crippen LogP contribution in [0.1, 0.15) is 10.4 Å². The number of benzene rings is 3. The van der Waals surface area contributed by atoms with Crippen LogP contribution in [0.3, 0.4) is 0 Å². The molecule has 0 spiro atoms. The van der Waals surface area contributed by atoms with E-state index >= 15 is 0 Å². The zero-order valence-corrected chi connectivity index (χ0v) is 17.1. The Morgan fingerprint density at radius 1 is 0.879 bits per heavy atom. The van der Waals surface area contributed by atoms with Crippen LogP contribution in [0.4, 0.5) is 25.8 Å². The maximum atomic E-state index is 13.0. The van der Waals surface area contributed by atoms with E-state index in [0.29, 0.717) is 34.3 Å². The number of halogens is 2. The van der Waals surface area contributed by atoms with Gasteiger partial charge in [0.25, 0.3) is 5.91 Å². The van der Waals surface area contributed by atoms with Crippen LogP contribution in [0.2, 0.25) is 0 Å². The third-order valence-corrected chi connectivity index (χ3v) is 4.38. The average Bonchev–Trinajstić information content (AvgIpc) is 2.81. The summed E-state index contributed by atoms with van der Waals surface area (Å²) in [5.41, 5.74) is 2.08. The number of carbonyl (C=O) groups excluding carboxylic acids is 1. The highest BCUT2D eigenvalue weighted by Gasteiger charge is 2.13. The summed E-state index contributed by atoms with van der Waals surface area (Å²) in [5, 5.41) is 5.96. The summed E-state index contributed by atoms with van der Waals surface area (Å²) < 4.78 is 34.7. The molecule has 0 saturated heterocycles. The summed E-state index contributed by atoms with van der Waals surface area (Å²) in [6, 6.07) is 19.8. The summed E-state index contributed by atoms with van der Waals surface area (Å²) in [4.78, 5) is 21.0. The fourth-order valence-corrected chi connectivity index (χ4v) is 2.96. The Morgan fingerprint density at radius 2 is 1.70 bits per heavy atom. The Kier molecular flexibility index (Phi) is 6.70. The number of ether oxygens (including phenoxy) is 2. The predicted molar refractivity (Wildman–Crippen MR) is 119 cm³/mol. The van der Waals surface area contributed by atoms with E-state index < -0.39 is 6.61 Å². The number of aromatic nitrogens is 2. The maximum Gasteiger partial charge on any atom is 0.387 e. The molecule has 3 aromatic carbocycles. The second-order valence-electron chi connectivity index (χ2n) is 6.70. The van der Waals surface area contributed by atoms with Gasteiger partial charge in [0.05, 0.1) is 17.4 Å². The average molecular weight is 448 g/mol. The molecule has 0 radical (unpaired) electrons. The summed E-state index contributed by atoms with van der Waals surface area (Å²) in [6.45, 7) is -2.89. The molecule has 7 nitrogen and oxygen atoms in total. The van der Waals surface area contributed by atoms with Gasteiger partial charge >= 0.3 is 6.61 Å². The smallest absolute Gasteiger partial charge is 0.387 e. The van der Waals surface area contributed by atoms with Crippen LogP contribution in [0, 0.1) is 0 Å². The molecule has 2 N–H and O–H groups in total. The summed E-state index contributed by atoms with van der Waals surface area (Å²) >= 11 is 0. The van der Waals surface area contributed by atoms with Crippen LogP contribution >= 0.6 is 0 Å². The number of nitrogens with one attached hydrogen (secondary N) is 2. The molecule has 4 rings (SSSR count). The zero-order chi connectivity index (χ0) is 23.0. The molecule has 33 heavy (non-hydrogen) atoms. The molecule has 0 fully saturated rings. The maximum absolute atomic E-state index is 13.0. The Bertz CT molecular complexity index is 1220. The van der Waals surface area contributed by atoms with Crippen LogP contribution in [0.5, 0.6) is 17.4 Å². The topological polar surface area (TPSA) is 85.4 Å². The van der Waals surface area contributed by atoms with Gasteiger partial charge in [-0.1, -0.05) is 18.2 Å². The minimum Gasteiger partial charge on any atom is -0.437 e. The number of nitrogens with zero attached hydrogens (tertiary/aromatic N) is 2. The SMILES string of the molecule is O=C(Nc1cccc(Oc2cnccn2)c1)c1ccccc1Nc1ccc(OC(F)F)cc1. The second kappa shape index (κ2) is 10.2. The van der Waals surface area contributed by atoms with Crippen LogP contribution in [-0.4, -0.2) is 22.5 Å². The zero-order valence-electron chi connectivity index (χ0n) is 17.1. The Labute approximate surface area is 188 Å². The Morgan fingerprint density at radius 3 is 2.45 bits per heavy atom. The van der Waals surface area contributed by atoms with Crippen molar-refractivity contribution in [3.8, 4) is 17.4 Å². The molecule has 0 aliphatic carbocycles. The van der Waals surface area contributed by atoms with Gasteiger partial charge in [-0.2, -0.15) is 8.78 Å². The van der Waals surface area contributed by atoms with E-state index in [2.05, 4.69) is 25.3 Å². The van der Waals surface area contributed by atoms with E-state index in [1.807, 2.05) is 0 Å². The molecule has 0 saturated carbocycles. The molecule has 166 valence electrons. The van der Waals surface area contributed by atoms with Gasteiger partial charge in [-0.3, -0.25) is 9.78 Å². The van der Waals surface area contributed by atoms with Gasteiger partial charge in [0, 0.05) is 29.8 Å². The van der Waals surface area contributed by atoms with Crippen LogP contribution < -0.4 is 20.1 Å². The van der Waals surface area contributed by atoms with E-state index in [-0.39, 0.29) is 11.7 Å². The molecule has 1 aromatic heterocycles. The number of carbonyl (C=O) groups is 1. The molecule has 0 unspecified atom stereocenters. The number of alkyl halides is 2. The molecule has 0 atom stereocenters. The van der Waals surface area contributed by atoms with Crippen molar-refractivity contribution in [1.82, 2.24) is 9.97 Å². The predicted octanol–water partition coefficient (Wildman–Crippen LogP) is 5.87. The second-order valence-corrected chi connectivity index (χ2v) is 6.70.